The highest BCUT2D eigenvalue weighted by atomic mass is 127. The van der Waals surface area contributed by atoms with Crippen molar-refractivity contribution in [2.24, 2.45) is 4.99 Å². The van der Waals surface area contributed by atoms with Crippen LogP contribution in [0.1, 0.15) is 30.3 Å². The van der Waals surface area contributed by atoms with Crippen molar-refractivity contribution >= 4 is 41.0 Å². The number of hydrogen-bond acceptors (Lipinski definition) is 3. The fourth-order valence-electron chi connectivity index (χ4n) is 3.63. The molecule has 2 aromatic carbocycles. The van der Waals surface area contributed by atoms with E-state index in [4.69, 9.17) is 4.99 Å². The number of benzene rings is 2. The third-order valence-electron chi connectivity index (χ3n) is 4.95. The summed E-state index contributed by atoms with van der Waals surface area (Å²) in [6, 6.07) is 17.0. The summed E-state index contributed by atoms with van der Waals surface area (Å²) in [7, 11) is 4.18. The normalized spacial score (nSPS) is 11.6. The molecule has 7 heteroatoms. The number of nitrogens with zero attached hydrogens (tertiary/aromatic N) is 4. The number of imidazole rings is 1. The van der Waals surface area contributed by atoms with Crippen molar-refractivity contribution in [1.29, 1.82) is 0 Å². The summed E-state index contributed by atoms with van der Waals surface area (Å²) < 4.78 is 2.29. The number of fused-ring (bicyclic) bond motifs is 1. The molecule has 0 aliphatic heterocycles. The van der Waals surface area contributed by atoms with E-state index in [0.717, 1.165) is 49.9 Å². The number of guanidine groups is 1. The predicted molar refractivity (Wildman–Crippen MR) is 141 cm³/mol. The number of aliphatic imine (C=N–C) groups is 1. The number of rotatable bonds is 9. The van der Waals surface area contributed by atoms with Crippen LogP contribution in [0.5, 0.6) is 0 Å². The fraction of sp³-hybridized carbons (Fsp3) is 0.417. The zero-order chi connectivity index (χ0) is 21.3. The standard InChI is InChI=1S/C24H34N6.HI/c1-5-25-24(27-17-20-10-8-11-21(16-20)18-29(3)4)26-14-9-15-30-19(2)28-22-12-6-7-13-23(22)30;/h6-8,10-13,16H,5,9,14-15,17-18H2,1-4H3,(H2,25,26,27);1H. The Morgan fingerprint density at radius 3 is 2.61 bits per heavy atom. The van der Waals surface area contributed by atoms with Gasteiger partial charge in [-0.3, -0.25) is 0 Å². The van der Waals surface area contributed by atoms with Crippen LogP contribution in [0, 0.1) is 6.92 Å². The molecule has 1 aromatic heterocycles. The van der Waals surface area contributed by atoms with Gasteiger partial charge in [-0.1, -0.05) is 36.4 Å². The topological polar surface area (TPSA) is 57.5 Å². The molecule has 0 aliphatic rings. The Morgan fingerprint density at radius 2 is 1.84 bits per heavy atom. The van der Waals surface area contributed by atoms with Crippen molar-refractivity contribution in [2.45, 2.75) is 39.9 Å². The van der Waals surface area contributed by atoms with E-state index in [1.54, 1.807) is 0 Å². The summed E-state index contributed by atoms with van der Waals surface area (Å²) in [4.78, 5) is 11.6. The van der Waals surface area contributed by atoms with Gasteiger partial charge in [0, 0.05) is 26.2 Å². The molecule has 168 valence electrons. The van der Waals surface area contributed by atoms with Gasteiger partial charge in [0.1, 0.15) is 5.82 Å². The highest BCUT2D eigenvalue weighted by Crippen LogP contribution is 2.15. The van der Waals surface area contributed by atoms with Crippen LogP contribution in [0.15, 0.2) is 53.5 Å². The van der Waals surface area contributed by atoms with Crippen molar-refractivity contribution in [3.8, 4) is 0 Å². The SMILES string of the molecule is CCNC(=NCc1cccc(CN(C)C)c1)NCCCn1c(C)nc2ccccc21.I. The van der Waals surface area contributed by atoms with Crippen LogP contribution in [0.4, 0.5) is 0 Å². The zero-order valence-corrected chi connectivity index (χ0v) is 21.4. The molecule has 0 amide bonds. The second-order valence-electron chi connectivity index (χ2n) is 7.83. The minimum atomic E-state index is 0. The lowest BCUT2D eigenvalue weighted by Gasteiger charge is -2.13. The van der Waals surface area contributed by atoms with Gasteiger partial charge in [0.15, 0.2) is 5.96 Å². The minimum Gasteiger partial charge on any atom is -0.357 e. The van der Waals surface area contributed by atoms with Crippen molar-refractivity contribution in [2.75, 3.05) is 27.2 Å². The van der Waals surface area contributed by atoms with E-state index in [9.17, 15) is 0 Å². The van der Waals surface area contributed by atoms with Gasteiger partial charge < -0.3 is 20.1 Å². The molecule has 3 aromatic rings. The summed E-state index contributed by atoms with van der Waals surface area (Å²) in [5.74, 6) is 1.93. The summed E-state index contributed by atoms with van der Waals surface area (Å²) in [5, 5.41) is 6.81. The van der Waals surface area contributed by atoms with Crippen molar-refractivity contribution < 1.29 is 0 Å². The van der Waals surface area contributed by atoms with Gasteiger partial charge in [0.05, 0.1) is 17.6 Å². The molecule has 0 bridgehead atoms. The van der Waals surface area contributed by atoms with Crippen LogP contribution in [-0.2, 0) is 19.6 Å². The summed E-state index contributed by atoms with van der Waals surface area (Å²) in [6.07, 6.45) is 1.00. The fourth-order valence-corrected chi connectivity index (χ4v) is 3.63. The number of aromatic nitrogens is 2. The molecule has 0 saturated carbocycles. The van der Waals surface area contributed by atoms with E-state index in [0.29, 0.717) is 6.54 Å². The number of nitrogens with one attached hydrogen (secondary N) is 2. The molecule has 3 rings (SSSR count). The lowest BCUT2D eigenvalue weighted by Crippen LogP contribution is -2.38. The Bertz CT molecular complexity index is 979. The molecule has 0 fully saturated rings. The van der Waals surface area contributed by atoms with Crippen LogP contribution in [0.2, 0.25) is 0 Å². The Hall–Kier alpha value is -2.13. The summed E-state index contributed by atoms with van der Waals surface area (Å²) in [6.45, 7) is 8.42. The molecule has 1 heterocycles. The highest BCUT2D eigenvalue weighted by molar-refractivity contribution is 14.0. The van der Waals surface area contributed by atoms with Gasteiger partial charge in [-0.25, -0.2) is 9.98 Å². The smallest absolute Gasteiger partial charge is 0.191 e. The third kappa shape index (κ3) is 7.50. The van der Waals surface area contributed by atoms with E-state index < -0.39 is 0 Å². The van der Waals surface area contributed by atoms with Crippen LogP contribution < -0.4 is 10.6 Å². The van der Waals surface area contributed by atoms with Gasteiger partial charge in [-0.2, -0.15) is 0 Å². The molecule has 0 aliphatic carbocycles. The quantitative estimate of drug-likeness (QED) is 0.187. The molecule has 0 saturated heterocycles. The van der Waals surface area contributed by atoms with E-state index in [1.165, 1.54) is 16.6 Å². The number of para-hydroxylation sites is 2. The molecule has 31 heavy (non-hydrogen) atoms. The van der Waals surface area contributed by atoms with E-state index in [2.05, 4.69) is 95.5 Å². The lowest BCUT2D eigenvalue weighted by atomic mass is 10.1. The summed E-state index contributed by atoms with van der Waals surface area (Å²) in [5.41, 5.74) is 4.81. The maximum atomic E-state index is 4.77. The second-order valence-corrected chi connectivity index (χ2v) is 7.83. The van der Waals surface area contributed by atoms with Gasteiger partial charge in [0.2, 0.25) is 0 Å². The van der Waals surface area contributed by atoms with Crippen molar-refractivity contribution in [1.82, 2.24) is 25.1 Å². The molecule has 0 atom stereocenters. The maximum Gasteiger partial charge on any atom is 0.191 e. The summed E-state index contributed by atoms with van der Waals surface area (Å²) >= 11 is 0. The van der Waals surface area contributed by atoms with Crippen LogP contribution in [0.3, 0.4) is 0 Å². The molecule has 6 nitrogen and oxygen atoms in total. The largest absolute Gasteiger partial charge is 0.357 e. The molecular weight excluding hydrogens is 499 g/mol. The third-order valence-corrected chi connectivity index (χ3v) is 4.95. The Balaban J connectivity index is 0.00000341. The number of aryl methyl sites for hydroxylation is 2. The van der Waals surface area contributed by atoms with Crippen LogP contribution in [-0.4, -0.2) is 47.6 Å². The second kappa shape index (κ2) is 12.7. The Kier molecular flexibility index (Phi) is 10.3. The molecular formula is C24H35IN6. The van der Waals surface area contributed by atoms with Crippen LogP contribution >= 0.6 is 24.0 Å². The number of hydrogen-bond donors (Lipinski definition) is 2. The first-order valence-electron chi connectivity index (χ1n) is 10.7. The van der Waals surface area contributed by atoms with Gasteiger partial charge in [-0.05, 0) is 57.6 Å². The molecule has 0 spiro atoms. The van der Waals surface area contributed by atoms with Crippen LogP contribution in [0.25, 0.3) is 11.0 Å². The maximum absolute atomic E-state index is 4.77. The highest BCUT2D eigenvalue weighted by Gasteiger charge is 2.06. The average molecular weight is 534 g/mol. The predicted octanol–water partition coefficient (Wildman–Crippen LogP) is 4.17. The first kappa shape index (κ1) is 25.1. The minimum absolute atomic E-state index is 0. The monoisotopic (exact) mass is 534 g/mol. The average Bonchev–Trinajstić information content (AvgIpc) is 3.04. The van der Waals surface area contributed by atoms with Crippen molar-refractivity contribution in [3.63, 3.8) is 0 Å². The van der Waals surface area contributed by atoms with E-state index in [-0.39, 0.29) is 24.0 Å². The number of halogens is 1. The molecule has 0 radical (unpaired) electrons. The molecule has 2 N–H and O–H groups in total. The Morgan fingerprint density at radius 1 is 1.06 bits per heavy atom. The van der Waals surface area contributed by atoms with Gasteiger partial charge in [-0.15, -0.1) is 24.0 Å². The van der Waals surface area contributed by atoms with Gasteiger partial charge >= 0.3 is 0 Å². The van der Waals surface area contributed by atoms with Gasteiger partial charge in [0.25, 0.3) is 0 Å². The van der Waals surface area contributed by atoms with E-state index in [1.807, 2.05) is 6.07 Å². The zero-order valence-electron chi connectivity index (χ0n) is 19.1. The first-order valence-corrected chi connectivity index (χ1v) is 10.7. The Labute approximate surface area is 203 Å². The van der Waals surface area contributed by atoms with E-state index >= 15 is 0 Å². The molecule has 0 unspecified atom stereocenters. The van der Waals surface area contributed by atoms with Crippen molar-refractivity contribution in [3.05, 3.63) is 65.5 Å². The first-order chi connectivity index (χ1) is 14.6. The lowest BCUT2D eigenvalue weighted by molar-refractivity contribution is 0.402.